The fraction of sp³-hybridized carbons (Fsp3) is 0.400. The Morgan fingerprint density at radius 1 is 1.58 bits per heavy atom. The van der Waals surface area contributed by atoms with E-state index in [-0.39, 0.29) is 11.7 Å². The molecule has 0 spiro atoms. The molecule has 0 aliphatic carbocycles. The molecule has 0 aromatic carbocycles. The number of rotatable bonds is 7. The molecule has 9 heteroatoms. The third-order valence-electron chi connectivity index (χ3n) is 2.21. The molecule has 102 valence electrons. The third kappa shape index (κ3) is 4.30. The van der Waals surface area contributed by atoms with Crippen LogP contribution in [0.4, 0.5) is 0 Å². The molecule has 0 aliphatic heterocycles. The maximum absolute atomic E-state index is 11.7. The zero-order valence-electron chi connectivity index (χ0n) is 10.2. The highest BCUT2D eigenvalue weighted by atomic mass is 32.2. The van der Waals surface area contributed by atoms with Gasteiger partial charge in [0.15, 0.2) is 0 Å². The highest BCUT2D eigenvalue weighted by Crippen LogP contribution is 2.13. The van der Waals surface area contributed by atoms with Gasteiger partial charge in [-0.2, -0.15) is 0 Å². The van der Waals surface area contributed by atoms with Crippen molar-refractivity contribution in [3.8, 4) is 0 Å². The molecule has 2 aromatic rings. The summed E-state index contributed by atoms with van der Waals surface area (Å²) in [6.45, 7) is 1.57. The van der Waals surface area contributed by atoms with Gasteiger partial charge in [0.1, 0.15) is 0 Å². The van der Waals surface area contributed by atoms with Crippen LogP contribution in [-0.4, -0.2) is 38.4 Å². The third-order valence-corrected chi connectivity index (χ3v) is 4.05. The van der Waals surface area contributed by atoms with Crippen LogP contribution in [-0.2, 0) is 17.9 Å². The number of nitrogens with two attached hydrogens (primary N) is 1. The molecule has 0 bridgehead atoms. The lowest BCUT2D eigenvalue weighted by molar-refractivity contribution is -0.118. The van der Waals surface area contributed by atoms with Gasteiger partial charge in [-0.15, -0.1) is 16.4 Å². The second-order valence-electron chi connectivity index (χ2n) is 3.62. The number of tetrazole rings is 1. The molecule has 3 N–H and O–H groups in total. The van der Waals surface area contributed by atoms with Gasteiger partial charge in [-0.1, -0.05) is 17.8 Å². The molecule has 2 heterocycles. The van der Waals surface area contributed by atoms with E-state index in [1.54, 1.807) is 16.0 Å². The maximum atomic E-state index is 11.7. The first-order valence-corrected chi connectivity index (χ1v) is 7.54. The molecule has 0 aliphatic rings. The summed E-state index contributed by atoms with van der Waals surface area (Å²) in [5.41, 5.74) is 5.44. The number of carbonyl (C=O) groups excluding carboxylic acids is 1. The van der Waals surface area contributed by atoms with Crippen LogP contribution in [0.5, 0.6) is 0 Å². The summed E-state index contributed by atoms with van der Waals surface area (Å²) in [6.07, 6.45) is 0. The first-order chi connectivity index (χ1) is 9.29. The fourth-order valence-electron chi connectivity index (χ4n) is 1.34. The fourth-order valence-corrected chi connectivity index (χ4v) is 2.72. The van der Waals surface area contributed by atoms with Crippen molar-refractivity contribution in [2.45, 2.75) is 18.2 Å². The number of nitrogens with zero attached hydrogens (tertiary/aromatic N) is 4. The van der Waals surface area contributed by atoms with Gasteiger partial charge < -0.3 is 11.1 Å². The van der Waals surface area contributed by atoms with Crippen molar-refractivity contribution >= 4 is 29.0 Å². The van der Waals surface area contributed by atoms with Crippen LogP contribution in [0.15, 0.2) is 22.7 Å². The minimum Gasteiger partial charge on any atom is -0.350 e. The van der Waals surface area contributed by atoms with Crippen molar-refractivity contribution in [1.82, 2.24) is 25.5 Å². The van der Waals surface area contributed by atoms with E-state index >= 15 is 0 Å². The standard InChI is InChI=1S/C10H14N6OS2/c11-3-4-16-10(13-14-15-16)19-7-9(17)12-6-8-2-1-5-18-8/h1-2,5H,3-4,6-7,11H2,(H,12,17). The number of thioether (sulfide) groups is 1. The van der Waals surface area contributed by atoms with Crippen LogP contribution in [0.3, 0.4) is 0 Å². The van der Waals surface area contributed by atoms with E-state index in [2.05, 4.69) is 20.8 Å². The molecule has 2 rings (SSSR count). The SMILES string of the molecule is NCCn1nnnc1SCC(=O)NCc1cccs1. The van der Waals surface area contributed by atoms with Gasteiger partial charge in [0.25, 0.3) is 0 Å². The van der Waals surface area contributed by atoms with Gasteiger partial charge in [-0.3, -0.25) is 4.79 Å². The van der Waals surface area contributed by atoms with Crippen LogP contribution in [0.25, 0.3) is 0 Å². The van der Waals surface area contributed by atoms with Gasteiger partial charge in [0.2, 0.25) is 11.1 Å². The van der Waals surface area contributed by atoms with Crippen molar-refractivity contribution in [2.24, 2.45) is 5.73 Å². The van der Waals surface area contributed by atoms with Gasteiger partial charge in [-0.25, -0.2) is 4.68 Å². The lowest BCUT2D eigenvalue weighted by Gasteiger charge is -2.04. The number of carbonyl (C=O) groups is 1. The summed E-state index contributed by atoms with van der Waals surface area (Å²) >= 11 is 2.92. The van der Waals surface area contributed by atoms with E-state index in [9.17, 15) is 4.79 Å². The van der Waals surface area contributed by atoms with Crippen molar-refractivity contribution in [1.29, 1.82) is 0 Å². The Morgan fingerprint density at radius 2 is 2.47 bits per heavy atom. The first-order valence-electron chi connectivity index (χ1n) is 5.67. The lowest BCUT2D eigenvalue weighted by Crippen LogP contribution is -2.24. The van der Waals surface area contributed by atoms with E-state index in [1.807, 2.05) is 17.5 Å². The molecule has 0 fully saturated rings. The second-order valence-corrected chi connectivity index (χ2v) is 5.59. The summed E-state index contributed by atoms with van der Waals surface area (Å²) in [5.74, 6) is 0.247. The molecule has 7 nitrogen and oxygen atoms in total. The van der Waals surface area contributed by atoms with Crippen LogP contribution in [0, 0.1) is 0 Å². The van der Waals surface area contributed by atoms with Crippen molar-refractivity contribution in [3.63, 3.8) is 0 Å². The molecule has 19 heavy (non-hydrogen) atoms. The largest absolute Gasteiger partial charge is 0.350 e. The highest BCUT2D eigenvalue weighted by Gasteiger charge is 2.09. The topological polar surface area (TPSA) is 98.7 Å². The maximum Gasteiger partial charge on any atom is 0.230 e. The van der Waals surface area contributed by atoms with Crippen molar-refractivity contribution < 1.29 is 4.79 Å². The van der Waals surface area contributed by atoms with E-state index in [4.69, 9.17) is 5.73 Å². The summed E-state index contributed by atoms with van der Waals surface area (Å²) < 4.78 is 1.59. The van der Waals surface area contributed by atoms with E-state index in [0.29, 0.717) is 24.8 Å². The van der Waals surface area contributed by atoms with E-state index in [1.165, 1.54) is 11.8 Å². The van der Waals surface area contributed by atoms with Gasteiger partial charge in [0.05, 0.1) is 18.8 Å². The lowest BCUT2D eigenvalue weighted by atomic mass is 10.4. The predicted molar refractivity (Wildman–Crippen MR) is 73.8 cm³/mol. The van der Waals surface area contributed by atoms with E-state index < -0.39 is 0 Å². The molecular weight excluding hydrogens is 284 g/mol. The Labute approximate surface area is 118 Å². The van der Waals surface area contributed by atoms with Crippen LogP contribution >= 0.6 is 23.1 Å². The van der Waals surface area contributed by atoms with Gasteiger partial charge in [0, 0.05) is 11.4 Å². The minimum atomic E-state index is -0.0410. The number of aromatic nitrogens is 4. The Bertz CT molecular complexity index is 512. The summed E-state index contributed by atoms with van der Waals surface area (Å²) in [7, 11) is 0. The number of nitrogens with one attached hydrogen (secondary N) is 1. The molecule has 0 unspecified atom stereocenters. The summed E-state index contributed by atoms with van der Waals surface area (Å²) in [5, 5.41) is 16.6. The second kappa shape index (κ2) is 7.22. The molecule has 0 atom stereocenters. The van der Waals surface area contributed by atoms with Crippen LogP contribution in [0.2, 0.25) is 0 Å². The molecule has 2 aromatic heterocycles. The summed E-state index contributed by atoms with van der Waals surface area (Å²) in [4.78, 5) is 12.8. The number of hydrogen-bond acceptors (Lipinski definition) is 7. The van der Waals surface area contributed by atoms with E-state index in [0.717, 1.165) is 4.88 Å². The smallest absolute Gasteiger partial charge is 0.230 e. The van der Waals surface area contributed by atoms with Gasteiger partial charge in [-0.05, 0) is 21.9 Å². The quantitative estimate of drug-likeness (QED) is 0.704. The zero-order chi connectivity index (χ0) is 13.5. The number of amides is 1. The Balaban J connectivity index is 1.75. The van der Waals surface area contributed by atoms with Crippen molar-refractivity contribution in [3.05, 3.63) is 22.4 Å². The van der Waals surface area contributed by atoms with Crippen LogP contribution in [0.1, 0.15) is 4.88 Å². The normalized spacial score (nSPS) is 10.6. The highest BCUT2D eigenvalue weighted by molar-refractivity contribution is 7.99. The van der Waals surface area contributed by atoms with Gasteiger partial charge >= 0.3 is 0 Å². The van der Waals surface area contributed by atoms with Crippen molar-refractivity contribution in [2.75, 3.05) is 12.3 Å². The molecular formula is C10H14N6OS2. The molecule has 0 radical (unpaired) electrons. The predicted octanol–water partition coefficient (Wildman–Crippen LogP) is 0.102. The Kier molecular flexibility index (Phi) is 5.31. The average molecular weight is 298 g/mol. The Morgan fingerprint density at radius 3 is 3.21 bits per heavy atom. The molecule has 0 saturated carbocycles. The zero-order valence-corrected chi connectivity index (χ0v) is 11.8. The number of thiophene rings is 1. The average Bonchev–Trinajstić information content (AvgIpc) is 3.06. The monoisotopic (exact) mass is 298 g/mol. The van der Waals surface area contributed by atoms with Crippen LogP contribution < -0.4 is 11.1 Å². The molecule has 0 saturated heterocycles. The summed E-state index contributed by atoms with van der Waals surface area (Å²) in [6, 6.07) is 3.95. The number of hydrogen-bond donors (Lipinski definition) is 2. The Hall–Kier alpha value is -1.45. The minimum absolute atomic E-state index is 0.0410. The first kappa shape index (κ1) is 14.0. The molecule has 1 amide bonds.